The minimum atomic E-state index is 0.670. The molecule has 0 bridgehead atoms. The Morgan fingerprint density at radius 1 is 0.857 bits per heavy atom. The lowest BCUT2D eigenvalue weighted by Gasteiger charge is -2.14. The first-order chi connectivity index (χ1) is 13.7. The highest BCUT2D eigenvalue weighted by molar-refractivity contribution is 5.80. The molecule has 1 aliphatic carbocycles. The van der Waals surface area contributed by atoms with E-state index < -0.39 is 0 Å². The Bertz CT molecular complexity index is 1220. The largest absolute Gasteiger partial charge is 0.456 e. The molecule has 4 heteroatoms. The first kappa shape index (κ1) is 16.4. The summed E-state index contributed by atoms with van der Waals surface area (Å²) in [5.74, 6) is 3.01. The van der Waals surface area contributed by atoms with Gasteiger partial charge >= 0.3 is 0 Å². The summed E-state index contributed by atoms with van der Waals surface area (Å²) in [5.41, 5.74) is 4.10. The Morgan fingerprint density at radius 3 is 2.46 bits per heavy atom. The van der Waals surface area contributed by atoms with Crippen LogP contribution in [-0.2, 0) is 0 Å². The fourth-order valence-corrected chi connectivity index (χ4v) is 3.47. The van der Waals surface area contributed by atoms with Gasteiger partial charge in [-0.05, 0) is 29.8 Å². The van der Waals surface area contributed by atoms with Crippen LogP contribution in [-0.4, -0.2) is 7.05 Å². The molecule has 0 spiro atoms. The van der Waals surface area contributed by atoms with Crippen molar-refractivity contribution in [3.63, 3.8) is 0 Å². The molecule has 0 unspecified atom stereocenters. The monoisotopic (exact) mass is 367 g/mol. The molecule has 0 radical (unpaired) electrons. The number of anilines is 1. The highest BCUT2D eigenvalue weighted by Crippen LogP contribution is 2.39. The summed E-state index contributed by atoms with van der Waals surface area (Å²) in [4.78, 5) is 2.02. The van der Waals surface area contributed by atoms with E-state index in [-0.39, 0.29) is 0 Å². The first-order valence-electron chi connectivity index (χ1n) is 9.13. The standard InChI is InChI=1S/C24H18N2O2/c1-26-20-9-5-6-10-21(20)28-24(26)15-23-19(16-7-3-2-4-8-16)13-17-11-12-18(25)14-22(17)27-23/h2-15,25H,1H3/p+1/b24-15-,25-18?. The van der Waals surface area contributed by atoms with Crippen LogP contribution in [0.1, 0.15) is 5.76 Å². The van der Waals surface area contributed by atoms with E-state index in [0.717, 1.165) is 39.6 Å². The van der Waals surface area contributed by atoms with Crippen LogP contribution in [0.25, 0.3) is 28.5 Å². The van der Waals surface area contributed by atoms with Crippen molar-refractivity contribution in [3.05, 3.63) is 95.9 Å². The average Bonchev–Trinajstić information content (AvgIpc) is 3.04. The first-order valence-corrected chi connectivity index (χ1v) is 9.13. The lowest BCUT2D eigenvalue weighted by Crippen LogP contribution is -2.44. The van der Waals surface area contributed by atoms with Crippen LogP contribution in [0.5, 0.6) is 5.75 Å². The van der Waals surface area contributed by atoms with Gasteiger partial charge in [-0.1, -0.05) is 42.5 Å². The molecule has 2 aromatic carbocycles. The van der Waals surface area contributed by atoms with Gasteiger partial charge in [-0.15, -0.1) is 0 Å². The summed E-state index contributed by atoms with van der Waals surface area (Å²) in [5, 5.41) is 6.63. The molecular formula is C24H19N2O2+. The maximum Gasteiger partial charge on any atom is 0.204 e. The predicted octanol–water partition coefficient (Wildman–Crippen LogP) is 3.54. The second-order valence-electron chi connectivity index (χ2n) is 6.80. The minimum Gasteiger partial charge on any atom is -0.456 e. The van der Waals surface area contributed by atoms with E-state index in [2.05, 4.69) is 18.2 Å². The lowest BCUT2D eigenvalue weighted by molar-refractivity contribution is -0.172. The fraction of sp³-hybridized carbons (Fsp3) is 0.0417. The van der Waals surface area contributed by atoms with Gasteiger partial charge in [0.25, 0.3) is 0 Å². The molecule has 5 rings (SSSR count). The van der Waals surface area contributed by atoms with Gasteiger partial charge < -0.3 is 14.1 Å². The van der Waals surface area contributed by atoms with E-state index in [9.17, 15) is 0 Å². The normalized spacial score (nSPS) is 14.3. The number of nitrogens with zero attached hydrogens (tertiary/aromatic N) is 1. The molecule has 0 aromatic heterocycles. The van der Waals surface area contributed by atoms with E-state index in [1.165, 1.54) is 0 Å². The summed E-state index contributed by atoms with van der Waals surface area (Å²) in [6, 6.07) is 26.0. The van der Waals surface area contributed by atoms with Crippen molar-refractivity contribution >= 4 is 11.8 Å². The van der Waals surface area contributed by atoms with Gasteiger partial charge in [-0.25, -0.2) is 0 Å². The lowest BCUT2D eigenvalue weighted by atomic mass is 10.0. The van der Waals surface area contributed by atoms with Gasteiger partial charge in [0.05, 0.1) is 11.8 Å². The van der Waals surface area contributed by atoms with Gasteiger partial charge in [0.15, 0.2) is 11.1 Å². The van der Waals surface area contributed by atoms with Crippen molar-refractivity contribution in [3.8, 4) is 28.2 Å². The highest BCUT2D eigenvalue weighted by atomic mass is 16.5. The van der Waals surface area contributed by atoms with Crippen LogP contribution in [0.3, 0.4) is 0 Å². The van der Waals surface area contributed by atoms with Gasteiger partial charge in [-0.2, -0.15) is 0 Å². The number of benzene rings is 3. The van der Waals surface area contributed by atoms with Gasteiger partial charge in [-0.3, -0.25) is 5.41 Å². The zero-order valence-electron chi connectivity index (χ0n) is 15.4. The van der Waals surface area contributed by atoms with E-state index >= 15 is 0 Å². The molecule has 2 aromatic rings. The van der Waals surface area contributed by atoms with Crippen LogP contribution >= 0.6 is 0 Å². The topological polar surface area (TPSA) is 51.2 Å². The molecule has 0 saturated carbocycles. The molecule has 4 nitrogen and oxygen atoms in total. The fourth-order valence-electron chi connectivity index (χ4n) is 3.47. The maximum atomic E-state index is 6.27. The van der Waals surface area contributed by atoms with Gasteiger partial charge in [0.2, 0.25) is 5.88 Å². The van der Waals surface area contributed by atoms with E-state index in [1.807, 2.05) is 78.7 Å². The molecule has 0 fully saturated rings. The quantitative estimate of drug-likeness (QED) is 0.590. The van der Waals surface area contributed by atoms with Crippen LogP contribution in [0.4, 0.5) is 5.69 Å². The molecule has 0 atom stereocenters. The zero-order valence-corrected chi connectivity index (χ0v) is 15.4. The third-order valence-electron chi connectivity index (χ3n) is 4.93. The number of nitrogens with two attached hydrogens (primary N) is 1. The number of fused-ring (bicyclic) bond motifs is 2. The molecule has 0 amide bonds. The second-order valence-corrected chi connectivity index (χ2v) is 6.80. The number of ether oxygens (including phenoxy) is 1. The molecular weight excluding hydrogens is 348 g/mol. The highest BCUT2D eigenvalue weighted by Gasteiger charge is 2.24. The SMILES string of the molecule is CN1/C(=C/c2oc3cc(=[NH2+])ccc-3cc2-c2ccccc2)Oc2ccccc21. The Hall–Kier alpha value is -3.79. The summed E-state index contributed by atoms with van der Waals surface area (Å²) < 4.78 is 12.3. The summed E-state index contributed by atoms with van der Waals surface area (Å²) in [6.07, 6.45) is 1.94. The number of para-hydroxylation sites is 2. The Kier molecular flexibility index (Phi) is 3.76. The summed E-state index contributed by atoms with van der Waals surface area (Å²) in [7, 11) is 1.99. The smallest absolute Gasteiger partial charge is 0.204 e. The van der Waals surface area contributed by atoms with Crippen LogP contribution < -0.4 is 20.4 Å². The number of hydrogen-bond donors (Lipinski definition) is 1. The van der Waals surface area contributed by atoms with E-state index in [4.69, 9.17) is 14.6 Å². The molecule has 28 heavy (non-hydrogen) atoms. The van der Waals surface area contributed by atoms with Gasteiger partial charge in [0.1, 0.15) is 11.5 Å². The summed E-state index contributed by atoms with van der Waals surface area (Å²) >= 11 is 0. The third-order valence-corrected chi connectivity index (χ3v) is 4.93. The van der Waals surface area contributed by atoms with Crippen LogP contribution in [0.15, 0.2) is 89.2 Å². The maximum absolute atomic E-state index is 6.27. The van der Waals surface area contributed by atoms with Crippen molar-refractivity contribution in [2.24, 2.45) is 0 Å². The molecule has 0 saturated heterocycles. The van der Waals surface area contributed by atoms with Crippen molar-refractivity contribution in [2.75, 3.05) is 11.9 Å². The van der Waals surface area contributed by atoms with Crippen LogP contribution in [0.2, 0.25) is 0 Å². The van der Waals surface area contributed by atoms with Crippen molar-refractivity contribution in [1.82, 2.24) is 0 Å². The van der Waals surface area contributed by atoms with Crippen molar-refractivity contribution in [1.29, 1.82) is 0 Å². The molecule has 136 valence electrons. The predicted molar refractivity (Wildman–Crippen MR) is 109 cm³/mol. The Labute approximate surface area is 162 Å². The molecule has 2 aliphatic heterocycles. The second kappa shape index (κ2) is 6.43. The third kappa shape index (κ3) is 2.76. The molecule has 3 aliphatic rings. The Morgan fingerprint density at radius 2 is 1.64 bits per heavy atom. The Balaban J connectivity index is 1.70. The van der Waals surface area contributed by atoms with Crippen molar-refractivity contribution in [2.45, 2.75) is 0 Å². The number of hydrogen-bond acceptors (Lipinski definition) is 3. The molecule has 2 heterocycles. The number of rotatable bonds is 2. The minimum absolute atomic E-state index is 0.670. The van der Waals surface area contributed by atoms with Crippen LogP contribution in [0, 0.1) is 0 Å². The average molecular weight is 367 g/mol. The van der Waals surface area contributed by atoms with E-state index in [0.29, 0.717) is 11.2 Å². The zero-order chi connectivity index (χ0) is 19.1. The van der Waals surface area contributed by atoms with Gasteiger partial charge in [0, 0.05) is 30.3 Å². The van der Waals surface area contributed by atoms with Crippen molar-refractivity contribution < 1.29 is 14.6 Å². The summed E-state index contributed by atoms with van der Waals surface area (Å²) in [6.45, 7) is 0. The molecule has 2 N–H and O–H groups in total. The van der Waals surface area contributed by atoms with E-state index in [1.54, 1.807) is 0 Å².